The number of anilines is 2. The Kier molecular flexibility index (Phi) is 3.58. The van der Waals surface area contributed by atoms with E-state index in [-0.39, 0.29) is 11.8 Å². The number of carbonyl (C=O) groups excluding carboxylic acids is 1. The number of hydrogen-bond donors (Lipinski definition) is 2. The maximum atomic E-state index is 11.7. The van der Waals surface area contributed by atoms with E-state index in [0.717, 1.165) is 24.1 Å². The molecule has 2 N–H and O–H groups in total. The van der Waals surface area contributed by atoms with Crippen molar-refractivity contribution in [2.24, 2.45) is 5.92 Å². The summed E-state index contributed by atoms with van der Waals surface area (Å²) in [5.41, 5.74) is 1.92. The number of nitrogens with one attached hydrogen (secondary N) is 2. The van der Waals surface area contributed by atoms with E-state index in [1.54, 1.807) is 18.5 Å². The summed E-state index contributed by atoms with van der Waals surface area (Å²) >= 11 is 0. The Hall–Kier alpha value is -2.43. The van der Waals surface area contributed by atoms with Crippen LogP contribution in [0, 0.1) is 5.92 Å². The highest BCUT2D eigenvalue weighted by molar-refractivity contribution is 5.94. The Labute approximate surface area is 117 Å². The number of aromatic nitrogens is 2. The lowest BCUT2D eigenvalue weighted by atomic mass is 10.2. The third kappa shape index (κ3) is 3.32. The van der Waals surface area contributed by atoms with Gasteiger partial charge in [-0.25, -0.2) is 9.97 Å². The van der Waals surface area contributed by atoms with Crippen LogP contribution in [0.15, 0.2) is 42.7 Å². The van der Waals surface area contributed by atoms with Gasteiger partial charge in [0.15, 0.2) is 0 Å². The highest BCUT2D eigenvalue weighted by Gasteiger charge is 2.29. The van der Waals surface area contributed by atoms with Crippen LogP contribution in [-0.2, 0) is 11.3 Å². The fourth-order valence-electron chi connectivity index (χ4n) is 1.92. The van der Waals surface area contributed by atoms with Gasteiger partial charge in [-0.3, -0.25) is 4.79 Å². The molecule has 5 heteroatoms. The van der Waals surface area contributed by atoms with E-state index < -0.39 is 0 Å². The molecule has 20 heavy (non-hydrogen) atoms. The van der Waals surface area contributed by atoms with Gasteiger partial charge < -0.3 is 10.6 Å². The van der Waals surface area contributed by atoms with Crippen molar-refractivity contribution in [1.29, 1.82) is 0 Å². The first-order valence-electron chi connectivity index (χ1n) is 6.72. The zero-order valence-corrected chi connectivity index (χ0v) is 11.0. The van der Waals surface area contributed by atoms with Crippen molar-refractivity contribution in [2.75, 3.05) is 10.6 Å². The molecule has 1 aromatic carbocycles. The van der Waals surface area contributed by atoms with E-state index in [1.165, 1.54) is 0 Å². The van der Waals surface area contributed by atoms with Gasteiger partial charge >= 0.3 is 0 Å². The molecule has 3 rings (SSSR count). The molecule has 0 unspecified atom stereocenters. The Balaban J connectivity index is 1.60. The molecule has 0 saturated heterocycles. The maximum Gasteiger partial charge on any atom is 0.227 e. The second kappa shape index (κ2) is 5.69. The summed E-state index contributed by atoms with van der Waals surface area (Å²) in [6, 6.07) is 9.59. The maximum absolute atomic E-state index is 11.7. The minimum atomic E-state index is 0.126. The summed E-state index contributed by atoms with van der Waals surface area (Å²) in [4.78, 5) is 19.9. The van der Waals surface area contributed by atoms with E-state index in [1.807, 2.05) is 24.3 Å². The van der Waals surface area contributed by atoms with Crippen molar-refractivity contribution >= 4 is 17.5 Å². The molecule has 1 amide bonds. The minimum absolute atomic E-state index is 0.126. The van der Waals surface area contributed by atoms with E-state index in [4.69, 9.17) is 0 Å². The van der Waals surface area contributed by atoms with Crippen LogP contribution >= 0.6 is 0 Å². The molecule has 5 nitrogen and oxygen atoms in total. The van der Waals surface area contributed by atoms with E-state index in [2.05, 4.69) is 20.6 Å². The van der Waals surface area contributed by atoms with Crippen LogP contribution in [-0.4, -0.2) is 15.9 Å². The third-order valence-corrected chi connectivity index (χ3v) is 3.16. The van der Waals surface area contributed by atoms with Gasteiger partial charge in [-0.05, 0) is 36.6 Å². The molecule has 2 aromatic rings. The van der Waals surface area contributed by atoms with Crippen molar-refractivity contribution in [2.45, 2.75) is 19.4 Å². The van der Waals surface area contributed by atoms with Crippen molar-refractivity contribution in [3.8, 4) is 0 Å². The molecular weight excluding hydrogens is 252 g/mol. The first kappa shape index (κ1) is 12.6. The van der Waals surface area contributed by atoms with Crippen LogP contribution in [0.3, 0.4) is 0 Å². The molecular formula is C15H16N4O. The smallest absolute Gasteiger partial charge is 0.227 e. The van der Waals surface area contributed by atoms with Crippen LogP contribution in [0.2, 0.25) is 0 Å². The van der Waals surface area contributed by atoms with Crippen LogP contribution in [0.1, 0.15) is 18.4 Å². The Morgan fingerprint density at radius 1 is 1.20 bits per heavy atom. The third-order valence-electron chi connectivity index (χ3n) is 3.16. The van der Waals surface area contributed by atoms with Gasteiger partial charge in [-0.2, -0.15) is 0 Å². The highest BCUT2D eigenvalue weighted by atomic mass is 16.2. The summed E-state index contributed by atoms with van der Waals surface area (Å²) in [5, 5.41) is 6.09. The number of carbonyl (C=O) groups is 1. The van der Waals surface area contributed by atoms with Crippen molar-refractivity contribution in [1.82, 2.24) is 9.97 Å². The summed E-state index contributed by atoms with van der Waals surface area (Å²) in [6.45, 7) is 0.622. The Bertz CT molecular complexity index is 596. The van der Waals surface area contributed by atoms with Crippen LogP contribution in [0.5, 0.6) is 0 Å². The average Bonchev–Trinajstić information content (AvgIpc) is 3.31. The van der Waals surface area contributed by atoms with Gasteiger partial charge in [-0.15, -0.1) is 0 Å². The number of rotatable bonds is 5. The summed E-state index contributed by atoms with van der Waals surface area (Å²) < 4.78 is 0. The standard InChI is InChI=1S/C15H16N4O/c20-14(12-5-6-12)19-13-4-1-3-11(9-13)10-18-15-16-7-2-8-17-15/h1-4,7-9,12H,5-6,10H2,(H,19,20)(H,16,17,18). The molecule has 0 spiro atoms. The Morgan fingerprint density at radius 2 is 2.00 bits per heavy atom. The lowest BCUT2D eigenvalue weighted by Gasteiger charge is -2.08. The van der Waals surface area contributed by atoms with Crippen LogP contribution < -0.4 is 10.6 Å². The molecule has 102 valence electrons. The predicted molar refractivity (Wildman–Crippen MR) is 77.2 cm³/mol. The number of amides is 1. The average molecular weight is 268 g/mol. The van der Waals surface area contributed by atoms with Gasteiger partial charge in [0, 0.05) is 30.5 Å². The highest BCUT2D eigenvalue weighted by Crippen LogP contribution is 2.30. The van der Waals surface area contributed by atoms with Gasteiger partial charge in [0.2, 0.25) is 11.9 Å². The van der Waals surface area contributed by atoms with E-state index in [9.17, 15) is 4.79 Å². The van der Waals surface area contributed by atoms with E-state index >= 15 is 0 Å². The second-order valence-corrected chi connectivity index (χ2v) is 4.89. The summed E-state index contributed by atoms with van der Waals surface area (Å²) in [5.74, 6) is 0.941. The van der Waals surface area contributed by atoms with Gasteiger partial charge in [0.05, 0.1) is 0 Å². The molecule has 1 heterocycles. The first-order chi connectivity index (χ1) is 9.81. The number of nitrogens with zero attached hydrogens (tertiary/aromatic N) is 2. The fourth-order valence-corrected chi connectivity index (χ4v) is 1.92. The van der Waals surface area contributed by atoms with Crippen LogP contribution in [0.4, 0.5) is 11.6 Å². The molecule has 0 bridgehead atoms. The van der Waals surface area contributed by atoms with Crippen molar-refractivity contribution in [3.63, 3.8) is 0 Å². The largest absolute Gasteiger partial charge is 0.350 e. The number of benzene rings is 1. The Morgan fingerprint density at radius 3 is 2.75 bits per heavy atom. The second-order valence-electron chi connectivity index (χ2n) is 4.89. The normalized spacial score (nSPS) is 13.8. The number of hydrogen-bond acceptors (Lipinski definition) is 4. The van der Waals surface area contributed by atoms with Crippen molar-refractivity contribution in [3.05, 3.63) is 48.3 Å². The monoisotopic (exact) mass is 268 g/mol. The lowest BCUT2D eigenvalue weighted by molar-refractivity contribution is -0.117. The minimum Gasteiger partial charge on any atom is -0.350 e. The zero-order chi connectivity index (χ0) is 13.8. The molecule has 0 aliphatic heterocycles. The topological polar surface area (TPSA) is 66.9 Å². The molecule has 1 aliphatic rings. The SMILES string of the molecule is O=C(Nc1cccc(CNc2ncccn2)c1)C1CC1. The van der Waals surface area contributed by atoms with Gasteiger partial charge in [0.25, 0.3) is 0 Å². The molecule has 0 radical (unpaired) electrons. The predicted octanol–water partition coefficient (Wildman–Crippen LogP) is 2.44. The fraction of sp³-hybridized carbons (Fsp3) is 0.267. The molecule has 1 aliphatic carbocycles. The summed E-state index contributed by atoms with van der Waals surface area (Å²) in [6.07, 6.45) is 5.42. The summed E-state index contributed by atoms with van der Waals surface area (Å²) in [7, 11) is 0. The molecule has 0 atom stereocenters. The first-order valence-corrected chi connectivity index (χ1v) is 6.72. The molecule has 1 fully saturated rings. The van der Waals surface area contributed by atoms with Crippen LogP contribution in [0.25, 0.3) is 0 Å². The van der Waals surface area contributed by atoms with Crippen molar-refractivity contribution < 1.29 is 4.79 Å². The van der Waals surface area contributed by atoms with Gasteiger partial charge in [-0.1, -0.05) is 12.1 Å². The lowest BCUT2D eigenvalue weighted by Crippen LogP contribution is -2.13. The molecule has 1 aromatic heterocycles. The zero-order valence-electron chi connectivity index (χ0n) is 11.0. The van der Waals surface area contributed by atoms with E-state index in [0.29, 0.717) is 12.5 Å². The quantitative estimate of drug-likeness (QED) is 0.874. The molecule has 1 saturated carbocycles. The van der Waals surface area contributed by atoms with Gasteiger partial charge in [0.1, 0.15) is 0 Å².